The molecule has 0 saturated heterocycles. The zero-order valence-corrected chi connectivity index (χ0v) is 11.1. The van der Waals surface area contributed by atoms with Crippen molar-refractivity contribution >= 4 is 12.2 Å². The van der Waals surface area contributed by atoms with Gasteiger partial charge in [-0.2, -0.15) is 0 Å². The SMILES string of the molecule is COc1cc(/C=C/c2ccc(OC)c(O)c2)oc(=O)c1. The van der Waals surface area contributed by atoms with Gasteiger partial charge in [0.1, 0.15) is 11.5 Å². The van der Waals surface area contributed by atoms with Crippen LogP contribution in [0.1, 0.15) is 11.3 Å². The van der Waals surface area contributed by atoms with Gasteiger partial charge in [0.15, 0.2) is 11.5 Å². The summed E-state index contributed by atoms with van der Waals surface area (Å²) in [5, 5.41) is 9.66. The van der Waals surface area contributed by atoms with Crippen LogP contribution in [0.4, 0.5) is 0 Å². The van der Waals surface area contributed by atoms with E-state index in [0.717, 1.165) is 5.56 Å². The topological polar surface area (TPSA) is 68.9 Å². The Balaban J connectivity index is 2.27. The van der Waals surface area contributed by atoms with Gasteiger partial charge in [-0.15, -0.1) is 0 Å². The number of phenolic OH excluding ortho intramolecular Hbond substituents is 1. The van der Waals surface area contributed by atoms with E-state index in [1.54, 1.807) is 36.4 Å². The van der Waals surface area contributed by atoms with Crippen LogP contribution in [-0.4, -0.2) is 19.3 Å². The van der Waals surface area contributed by atoms with E-state index in [-0.39, 0.29) is 5.75 Å². The van der Waals surface area contributed by atoms with Crippen molar-refractivity contribution in [1.82, 2.24) is 0 Å². The summed E-state index contributed by atoms with van der Waals surface area (Å²) in [5.41, 5.74) is 0.260. The molecule has 0 aliphatic rings. The van der Waals surface area contributed by atoms with Crippen molar-refractivity contribution in [3.63, 3.8) is 0 Å². The minimum absolute atomic E-state index is 0.0433. The number of ether oxygens (including phenoxy) is 2. The van der Waals surface area contributed by atoms with E-state index in [1.165, 1.54) is 20.3 Å². The van der Waals surface area contributed by atoms with Crippen molar-refractivity contribution in [2.24, 2.45) is 0 Å². The maximum atomic E-state index is 11.3. The summed E-state index contributed by atoms with van der Waals surface area (Å²) in [6.07, 6.45) is 3.32. The molecule has 5 nitrogen and oxygen atoms in total. The van der Waals surface area contributed by atoms with Gasteiger partial charge in [0.2, 0.25) is 0 Å². The van der Waals surface area contributed by atoms with E-state index in [2.05, 4.69) is 0 Å². The fraction of sp³-hybridized carbons (Fsp3) is 0.133. The van der Waals surface area contributed by atoms with Gasteiger partial charge in [-0.25, -0.2) is 4.79 Å². The summed E-state index contributed by atoms with van der Waals surface area (Å²) in [7, 11) is 2.96. The number of hydrogen-bond donors (Lipinski definition) is 1. The lowest BCUT2D eigenvalue weighted by atomic mass is 10.2. The van der Waals surface area contributed by atoms with Crippen molar-refractivity contribution in [2.75, 3.05) is 14.2 Å². The van der Waals surface area contributed by atoms with Gasteiger partial charge < -0.3 is 19.0 Å². The summed E-state index contributed by atoms with van der Waals surface area (Å²) < 4.78 is 15.0. The van der Waals surface area contributed by atoms with Crippen LogP contribution in [0.2, 0.25) is 0 Å². The molecule has 0 amide bonds. The van der Waals surface area contributed by atoms with Crippen LogP contribution in [0.25, 0.3) is 12.2 Å². The standard InChI is InChI=1S/C15H14O5/c1-18-12-8-11(20-15(17)9-12)5-3-10-4-6-14(19-2)13(16)7-10/h3-9,16H,1-2H3/b5-3+. The lowest BCUT2D eigenvalue weighted by Gasteiger charge is -2.03. The van der Waals surface area contributed by atoms with Gasteiger partial charge in [0.25, 0.3) is 0 Å². The summed E-state index contributed by atoms with van der Waals surface area (Å²) in [5.74, 6) is 1.24. The highest BCUT2D eigenvalue weighted by molar-refractivity contribution is 5.69. The van der Waals surface area contributed by atoms with E-state index in [0.29, 0.717) is 17.3 Å². The Hall–Kier alpha value is -2.69. The second-order valence-corrected chi connectivity index (χ2v) is 3.98. The zero-order chi connectivity index (χ0) is 14.5. The Kier molecular flexibility index (Phi) is 4.10. The Morgan fingerprint density at radius 1 is 1.10 bits per heavy atom. The summed E-state index contributed by atoms with van der Waals surface area (Å²) in [6, 6.07) is 7.83. The van der Waals surface area contributed by atoms with Gasteiger partial charge in [-0.3, -0.25) is 0 Å². The molecule has 0 fully saturated rings. The van der Waals surface area contributed by atoms with Crippen molar-refractivity contribution in [3.05, 3.63) is 52.1 Å². The Bertz CT molecular complexity index is 685. The average Bonchev–Trinajstić information content (AvgIpc) is 2.44. The van der Waals surface area contributed by atoms with Crippen molar-refractivity contribution in [1.29, 1.82) is 0 Å². The van der Waals surface area contributed by atoms with Crippen LogP contribution in [0.3, 0.4) is 0 Å². The normalized spacial score (nSPS) is 10.7. The molecule has 0 saturated carbocycles. The monoisotopic (exact) mass is 274 g/mol. The highest BCUT2D eigenvalue weighted by Crippen LogP contribution is 2.27. The molecular formula is C15H14O5. The van der Waals surface area contributed by atoms with Crippen molar-refractivity contribution < 1.29 is 19.0 Å². The lowest BCUT2D eigenvalue weighted by Crippen LogP contribution is -1.98. The molecule has 20 heavy (non-hydrogen) atoms. The Morgan fingerprint density at radius 3 is 2.55 bits per heavy atom. The minimum atomic E-state index is -0.485. The maximum Gasteiger partial charge on any atom is 0.339 e. The van der Waals surface area contributed by atoms with Crippen LogP contribution < -0.4 is 15.1 Å². The highest BCUT2D eigenvalue weighted by atomic mass is 16.5. The molecule has 0 radical (unpaired) electrons. The average molecular weight is 274 g/mol. The Morgan fingerprint density at radius 2 is 1.90 bits per heavy atom. The molecule has 0 bridgehead atoms. The number of benzene rings is 1. The van der Waals surface area contributed by atoms with Gasteiger partial charge in [-0.1, -0.05) is 12.1 Å². The number of aromatic hydroxyl groups is 1. The molecule has 0 spiro atoms. The first-order valence-corrected chi connectivity index (χ1v) is 5.86. The molecule has 1 heterocycles. The summed E-state index contributed by atoms with van der Waals surface area (Å²) >= 11 is 0. The molecule has 0 aliphatic carbocycles. The molecule has 0 unspecified atom stereocenters. The van der Waals surface area contributed by atoms with E-state index in [1.807, 2.05) is 0 Å². The van der Waals surface area contributed by atoms with E-state index >= 15 is 0 Å². The molecule has 1 N–H and O–H groups in total. The lowest BCUT2D eigenvalue weighted by molar-refractivity contribution is 0.373. The molecule has 104 valence electrons. The first-order valence-electron chi connectivity index (χ1n) is 5.86. The van der Waals surface area contributed by atoms with Crippen LogP contribution in [0.15, 0.2) is 39.5 Å². The van der Waals surface area contributed by atoms with Crippen LogP contribution >= 0.6 is 0 Å². The predicted molar refractivity (Wildman–Crippen MR) is 75.1 cm³/mol. The highest BCUT2D eigenvalue weighted by Gasteiger charge is 2.01. The second kappa shape index (κ2) is 5.97. The molecule has 2 aromatic rings. The summed E-state index contributed by atoms with van der Waals surface area (Å²) in [6.45, 7) is 0. The molecule has 0 aliphatic heterocycles. The number of hydrogen-bond acceptors (Lipinski definition) is 5. The number of phenols is 1. The quantitative estimate of drug-likeness (QED) is 0.927. The van der Waals surface area contributed by atoms with Crippen LogP contribution in [0, 0.1) is 0 Å². The summed E-state index contributed by atoms with van der Waals surface area (Å²) in [4.78, 5) is 11.3. The third-order valence-corrected chi connectivity index (χ3v) is 2.64. The molecule has 2 rings (SSSR count). The third-order valence-electron chi connectivity index (χ3n) is 2.64. The van der Waals surface area contributed by atoms with Gasteiger partial charge in [0.05, 0.1) is 20.3 Å². The first kappa shape index (κ1) is 13.7. The van der Waals surface area contributed by atoms with Crippen LogP contribution in [0.5, 0.6) is 17.2 Å². The number of rotatable bonds is 4. The van der Waals surface area contributed by atoms with Gasteiger partial charge in [0, 0.05) is 6.07 Å². The molecule has 1 aromatic heterocycles. The number of methoxy groups -OCH3 is 2. The second-order valence-electron chi connectivity index (χ2n) is 3.98. The van der Waals surface area contributed by atoms with E-state index in [4.69, 9.17) is 13.9 Å². The zero-order valence-electron chi connectivity index (χ0n) is 11.1. The third kappa shape index (κ3) is 3.20. The van der Waals surface area contributed by atoms with Crippen molar-refractivity contribution in [3.8, 4) is 17.2 Å². The van der Waals surface area contributed by atoms with Crippen molar-refractivity contribution in [2.45, 2.75) is 0 Å². The Labute approximate surface area is 115 Å². The molecule has 1 aromatic carbocycles. The van der Waals surface area contributed by atoms with Crippen LogP contribution in [-0.2, 0) is 0 Å². The fourth-order valence-electron chi connectivity index (χ4n) is 1.66. The molecular weight excluding hydrogens is 260 g/mol. The van der Waals surface area contributed by atoms with E-state index < -0.39 is 5.63 Å². The predicted octanol–water partition coefficient (Wildman–Crippen LogP) is 2.53. The van der Waals surface area contributed by atoms with Gasteiger partial charge in [-0.05, 0) is 23.8 Å². The maximum absolute atomic E-state index is 11.3. The van der Waals surface area contributed by atoms with Gasteiger partial charge >= 0.3 is 5.63 Å². The largest absolute Gasteiger partial charge is 0.504 e. The first-order chi connectivity index (χ1) is 9.62. The molecule has 5 heteroatoms. The fourth-order valence-corrected chi connectivity index (χ4v) is 1.66. The van der Waals surface area contributed by atoms with E-state index in [9.17, 15) is 9.90 Å². The smallest absolute Gasteiger partial charge is 0.339 e. The molecule has 0 atom stereocenters. The minimum Gasteiger partial charge on any atom is -0.504 e.